The van der Waals surface area contributed by atoms with Crippen LogP contribution >= 0.6 is 0 Å². The van der Waals surface area contributed by atoms with Gasteiger partial charge in [0.1, 0.15) is 24.4 Å². The van der Waals surface area contributed by atoms with E-state index in [-0.39, 0.29) is 18.3 Å². The Hall–Kier alpha value is -3.74. The molecule has 0 unspecified atom stereocenters. The van der Waals surface area contributed by atoms with E-state index in [9.17, 15) is 0 Å². The first-order chi connectivity index (χ1) is 19.8. The van der Waals surface area contributed by atoms with Crippen LogP contribution in [-0.4, -0.2) is 29.9 Å². The smallest absolute Gasteiger partial charge is 0.117 e. The van der Waals surface area contributed by atoms with Crippen LogP contribution in [0.5, 0.6) is 0 Å². The molecule has 5 nitrogen and oxygen atoms in total. The summed E-state index contributed by atoms with van der Waals surface area (Å²) in [5, 5.41) is 1.14. The average molecular weight is 534 g/mol. The van der Waals surface area contributed by atoms with Crippen LogP contribution in [0.2, 0.25) is 0 Å². The Labute approximate surface area is 235 Å². The topological polar surface area (TPSA) is 52.7 Å². The van der Waals surface area contributed by atoms with E-state index in [4.69, 9.17) is 18.9 Å². The Morgan fingerprint density at radius 1 is 0.650 bits per heavy atom. The van der Waals surface area contributed by atoms with Crippen LogP contribution < -0.4 is 0 Å². The largest absolute Gasteiger partial charge is 0.368 e. The molecule has 1 aliphatic rings. The van der Waals surface area contributed by atoms with Gasteiger partial charge in [0.15, 0.2) is 0 Å². The van der Waals surface area contributed by atoms with Gasteiger partial charge in [-0.3, -0.25) is 0 Å². The van der Waals surface area contributed by atoms with Gasteiger partial charge in [-0.2, -0.15) is 0 Å². The van der Waals surface area contributed by atoms with Crippen LogP contribution in [0.1, 0.15) is 33.9 Å². The van der Waals surface area contributed by atoms with Crippen molar-refractivity contribution >= 4 is 10.9 Å². The third kappa shape index (κ3) is 6.03. The highest BCUT2D eigenvalue weighted by Gasteiger charge is 2.44. The van der Waals surface area contributed by atoms with Crippen molar-refractivity contribution in [3.05, 3.63) is 143 Å². The van der Waals surface area contributed by atoms with Gasteiger partial charge in [0.2, 0.25) is 0 Å². The molecule has 5 aromatic rings. The number of aromatic nitrogens is 1. The number of hydrogen-bond acceptors (Lipinski definition) is 4. The van der Waals surface area contributed by atoms with Crippen LogP contribution in [0.25, 0.3) is 10.9 Å². The molecule has 204 valence electrons. The molecule has 4 aromatic carbocycles. The standard InChI is InChI=1S/C35H35NO4/c1-25-12-11-19-29-30(20-36-32(25)29)33-35(39-23-28-17-9-4-10-18-28)34(38-22-27-15-7-3-8-16-27)31(24-40-33)37-21-26-13-5-2-6-14-26/h2-20,31,33-36H,21-24H2,1H3/t31-,33+,34+,35+/m1/s1. The highest BCUT2D eigenvalue weighted by molar-refractivity contribution is 5.86. The Balaban J connectivity index is 1.33. The number of aromatic amines is 1. The van der Waals surface area contributed by atoms with Crippen LogP contribution in [0.3, 0.4) is 0 Å². The molecule has 1 N–H and O–H groups in total. The van der Waals surface area contributed by atoms with Gasteiger partial charge in [0.05, 0.1) is 26.4 Å². The number of nitrogens with one attached hydrogen (secondary N) is 1. The molecule has 0 bridgehead atoms. The molecule has 1 saturated heterocycles. The van der Waals surface area contributed by atoms with E-state index in [0.29, 0.717) is 26.4 Å². The van der Waals surface area contributed by atoms with E-state index in [1.54, 1.807) is 0 Å². The van der Waals surface area contributed by atoms with Gasteiger partial charge in [-0.15, -0.1) is 0 Å². The zero-order chi connectivity index (χ0) is 27.1. The number of para-hydroxylation sites is 1. The maximum atomic E-state index is 6.72. The van der Waals surface area contributed by atoms with Crippen LogP contribution in [0.15, 0.2) is 115 Å². The summed E-state index contributed by atoms with van der Waals surface area (Å²) in [5.74, 6) is 0. The SMILES string of the molecule is Cc1cccc2c([C@@H]3OC[C@@H](OCc4ccccc4)[C@H](OCc4ccccc4)[C@H]3OCc3ccccc3)c[nH]c12. The minimum atomic E-state index is -0.391. The lowest BCUT2D eigenvalue weighted by molar-refractivity contribution is -0.240. The molecule has 1 fully saturated rings. The van der Waals surface area contributed by atoms with Crippen LogP contribution in [0.4, 0.5) is 0 Å². The number of rotatable bonds is 10. The van der Waals surface area contributed by atoms with Crippen LogP contribution in [-0.2, 0) is 38.8 Å². The zero-order valence-corrected chi connectivity index (χ0v) is 22.7. The van der Waals surface area contributed by atoms with E-state index in [1.165, 1.54) is 5.56 Å². The van der Waals surface area contributed by atoms with E-state index in [2.05, 4.69) is 72.7 Å². The predicted octanol–water partition coefficient (Wildman–Crippen LogP) is 7.30. The second kappa shape index (κ2) is 12.6. The Kier molecular flexibility index (Phi) is 8.36. The molecular formula is C35H35NO4. The van der Waals surface area contributed by atoms with Crippen molar-refractivity contribution < 1.29 is 18.9 Å². The summed E-state index contributed by atoms with van der Waals surface area (Å²) in [7, 11) is 0. The maximum absolute atomic E-state index is 6.72. The highest BCUT2D eigenvalue weighted by atomic mass is 16.6. The molecule has 0 amide bonds. The minimum Gasteiger partial charge on any atom is -0.368 e. The predicted molar refractivity (Wildman–Crippen MR) is 157 cm³/mol. The van der Waals surface area contributed by atoms with Crippen molar-refractivity contribution in [3.63, 3.8) is 0 Å². The summed E-state index contributed by atoms with van der Waals surface area (Å²) < 4.78 is 26.5. The number of aryl methyl sites for hydroxylation is 1. The fourth-order valence-corrected chi connectivity index (χ4v) is 5.44. The Morgan fingerprint density at radius 3 is 1.80 bits per heavy atom. The van der Waals surface area contributed by atoms with E-state index >= 15 is 0 Å². The first-order valence-electron chi connectivity index (χ1n) is 13.9. The molecule has 1 aromatic heterocycles. The van der Waals surface area contributed by atoms with E-state index < -0.39 is 6.10 Å². The summed E-state index contributed by atoms with van der Waals surface area (Å²) >= 11 is 0. The number of H-pyrrole nitrogens is 1. The van der Waals surface area contributed by atoms with Gasteiger partial charge in [-0.25, -0.2) is 0 Å². The van der Waals surface area contributed by atoms with Crippen molar-refractivity contribution in [2.75, 3.05) is 6.61 Å². The molecule has 0 saturated carbocycles. The second-order valence-corrected chi connectivity index (χ2v) is 10.4. The summed E-state index contributed by atoms with van der Waals surface area (Å²) in [4.78, 5) is 3.47. The van der Waals surface area contributed by atoms with E-state index in [1.807, 2.05) is 54.6 Å². The normalized spacial score (nSPS) is 21.0. The molecular weight excluding hydrogens is 498 g/mol. The maximum Gasteiger partial charge on any atom is 0.117 e. The van der Waals surface area contributed by atoms with Crippen molar-refractivity contribution in [3.8, 4) is 0 Å². The van der Waals surface area contributed by atoms with Crippen molar-refractivity contribution in [2.24, 2.45) is 0 Å². The lowest BCUT2D eigenvalue weighted by Gasteiger charge is -2.42. The number of benzene rings is 4. The molecule has 5 heteroatoms. The van der Waals surface area contributed by atoms with Gasteiger partial charge in [-0.05, 0) is 29.2 Å². The quantitative estimate of drug-likeness (QED) is 0.205. The lowest BCUT2D eigenvalue weighted by atomic mass is 9.93. The van der Waals surface area contributed by atoms with Crippen molar-refractivity contribution in [1.82, 2.24) is 4.98 Å². The highest BCUT2D eigenvalue weighted by Crippen LogP contribution is 2.38. The summed E-state index contributed by atoms with van der Waals surface area (Å²) in [5.41, 5.74) is 6.71. The average Bonchev–Trinajstić information content (AvgIpc) is 3.45. The van der Waals surface area contributed by atoms with Crippen molar-refractivity contribution in [2.45, 2.75) is 51.2 Å². The number of hydrogen-bond donors (Lipinski definition) is 1. The first-order valence-corrected chi connectivity index (χ1v) is 13.9. The van der Waals surface area contributed by atoms with E-state index in [0.717, 1.165) is 33.2 Å². The zero-order valence-electron chi connectivity index (χ0n) is 22.7. The number of ether oxygens (including phenoxy) is 4. The molecule has 0 aliphatic carbocycles. The minimum absolute atomic E-state index is 0.298. The summed E-state index contributed by atoms with van der Waals surface area (Å²) in [6.07, 6.45) is 0.698. The van der Waals surface area contributed by atoms with Gasteiger partial charge in [0.25, 0.3) is 0 Å². The first kappa shape index (κ1) is 26.5. The molecule has 4 atom stereocenters. The van der Waals surface area contributed by atoms with Gasteiger partial charge >= 0.3 is 0 Å². The molecule has 1 aliphatic heterocycles. The van der Waals surface area contributed by atoms with Gasteiger partial charge in [0, 0.05) is 22.7 Å². The lowest BCUT2D eigenvalue weighted by Crippen LogP contribution is -2.52. The second-order valence-electron chi connectivity index (χ2n) is 10.4. The Morgan fingerprint density at radius 2 is 1.20 bits per heavy atom. The molecule has 6 rings (SSSR count). The molecule has 40 heavy (non-hydrogen) atoms. The number of fused-ring (bicyclic) bond motifs is 1. The third-order valence-corrected chi connectivity index (χ3v) is 7.57. The van der Waals surface area contributed by atoms with Gasteiger partial charge < -0.3 is 23.9 Å². The molecule has 2 heterocycles. The summed E-state index contributed by atoms with van der Waals surface area (Å²) in [6.45, 7) is 3.90. The monoisotopic (exact) mass is 533 g/mol. The molecule has 0 spiro atoms. The fourth-order valence-electron chi connectivity index (χ4n) is 5.44. The Bertz CT molecular complexity index is 1490. The third-order valence-electron chi connectivity index (χ3n) is 7.57. The fraction of sp³-hybridized carbons (Fsp3) is 0.257. The van der Waals surface area contributed by atoms with Gasteiger partial charge in [-0.1, -0.05) is 109 Å². The summed E-state index contributed by atoms with van der Waals surface area (Å²) in [6, 6.07) is 37.1. The molecule has 0 radical (unpaired) electrons. The van der Waals surface area contributed by atoms with Crippen molar-refractivity contribution in [1.29, 1.82) is 0 Å². The van der Waals surface area contributed by atoms with Crippen LogP contribution in [0, 0.1) is 6.92 Å².